The molecule has 5 aliphatic carbocycles. The number of carboxylic acid groups (broad SMARTS) is 1. The Labute approximate surface area is 516 Å². The van der Waals surface area contributed by atoms with Crippen LogP contribution < -0.4 is 0 Å². The summed E-state index contributed by atoms with van der Waals surface area (Å²) in [5.41, 5.74) is -2.88. The minimum atomic E-state index is -2.21. The number of hydrogen-bond donors (Lipinski definition) is 13. The summed E-state index contributed by atoms with van der Waals surface area (Å²) < 4.78 is 60.6. The van der Waals surface area contributed by atoms with E-state index in [0.717, 1.165) is 11.1 Å². The average Bonchev–Trinajstić information content (AvgIpc) is 0.676. The molecule has 1 unspecified atom stereocenters. The van der Waals surface area contributed by atoms with E-state index in [1.807, 2.05) is 58.0 Å². The lowest BCUT2D eigenvalue weighted by Crippen LogP contribution is -2.72. The van der Waals surface area contributed by atoms with E-state index < -0.39 is 211 Å². The second kappa shape index (κ2) is 25.6. The molecule has 8 fully saturated rings. The molecule has 9 aliphatic rings. The van der Waals surface area contributed by atoms with Gasteiger partial charge in [-0.3, -0.25) is 4.79 Å². The molecule has 4 aliphatic heterocycles. The van der Waals surface area contributed by atoms with Crippen molar-refractivity contribution in [3.63, 3.8) is 0 Å². The van der Waals surface area contributed by atoms with Crippen LogP contribution in [0.2, 0.25) is 0 Å². The molecule has 29 atom stereocenters. The van der Waals surface area contributed by atoms with Crippen LogP contribution >= 0.6 is 0 Å². The molecule has 0 spiro atoms. The smallest absolute Gasteiger partial charge is 0.335 e. The molecule has 13 N–H and O–H groups in total. The lowest BCUT2D eigenvalue weighted by Gasteiger charge is -2.72. The Morgan fingerprint density at radius 2 is 1.30 bits per heavy atom. The molecule has 26 heteroatoms. The van der Waals surface area contributed by atoms with Gasteiger partial charge in [-0.05, 0) is 96.0 Å². The number of benzene rings is 1. The second-order valence-electron chi connectivity index (χ2n) is 28.4. The fourth-order valence-corrected chi connectivity index (χ4v) is 17.6. The summed E-state index contributed by atoms with van der Waals surface area (Å²) >= 11 is 0. The Morgan fingerprint density at radius 3 is 1.97 bits per heavy atom. The average molecular weight is 1270 g/mol. The summed E-state index contributed by atoms with van der Waals surface area (Å²) in [5, 5.41) is 145. The van der Waals surface area contributed by atoms with Crippen molar-refractivity contribution >= 4 is 24.0 Å². The van der Waals surface area contributed by atoms with Gasteiger partial charge in [0.25, 0.3) is 0 Å². The number of ether oxygens (including phenoxy) is 10. The first-order chi connectivity index (χ1) is 41.8. The number of rotatable bonds is 15. The van der Waals surface area contributed by atoms with E-state index >= 15 is 0 Å². The topological polar surface area (TPSA) is 407 Å². The van der Waals surface area contributed by atoms with Crippen LogP contribution in [0.3, 0.4) is 0 Å². The van der Waals surface area contributed by atoms with Gasteiger partial charge in [0.15, 0.2) is 31.3 Å². The van der Waals surface area contributed by atoms with Crippen molar-refractivity contribution in [2.24, 2.45) is 50.2 Å². The summed E-state index contributed by atoms with van der Waals surface area (Å²) in [4.78, 5) is 39.4. The van der Waals surface area contributed by atoms with Crippen molar-refractivity contribution in [3.8, 4) is 0 Å². The lowest BCUT2D eigenvalue weighted by molar-refractivity contribution is -0.399. The SMILES string of the molecule is CC(=O)OC[C@]12C(O)[C@H](OC(=O)/C=C/c3ccccc3)C(C)(C)C[C@H]1C1=CC[C@@H]3[C@@]4(C)CC[C@H](O[C@@H]5O[C@H](C(=O)O)[C@@H](O)[C@H](O[C@@H]6OC[C@H](O)[C@H](O)[C@H]6O[C@@H]6OC[C@@H](O)[C@H](O)[C@H]6O)[C@H]5O[C@@H]5O[C@H](CO)[C@H](O)[C@H](O)[C@H]5O)C(C)(C)[C@@H]4CC[C@@]3(C)[C@]1(C)C[C@H]2O. The molecule has 0 bridgehead atoms. The van der Waals surface area contributed by atoms with Crippen molar-refractivity contribution in [1.29, 1.82) is 0 Å². The van der Waals surface area contributed by atoms with E-state index in [2.05, 4.69) is 26.8 Å². The molecule has 4 saturated heterocycles. The van der Waals surface area contributed by atoms with Gasteiger partial charge in [0.1, 0.15) is 98.2 Å². The maximum absolute atomic E-state index is 13.6. The van der Waals surface area contributed by atoms with Gasteiger partial charge in [0.05, 0.1) is 37.4 Å². The van der Waals surface area contributed by atoms with Crippen LogP contribution in [0.4, 0.5) is 0 Å². The number of aliphatic hydroxyl groups excluding tert-OH is 12. The third-order valence-electron chi connectivity index (χ3n) is 22.7. The number of aliphatic hydroxyl groups is 12. The predicted octanol–water partition coefficient (Wildman–Crippen LogP) is -0.444. The van der Waals surface area contributed by atoms with E-state index in [-0.39, 0.29) is 24.9 Å². The summed E-state index contributed by atoms with van der Waals surface area (Å²) in [5.74, 6) is -3.62. The molecule has 10 rings (SSSR count). The molecule has 89 heavy (non-hydrogen) atoms. The second-order valence-corrected chi connectivity index (χ2v) is 28.4. The molecule has 1 aromatic rings. The van der Waals surface area contributed by atoms with Crippen LogP contribution in [0, 0.1) is 50.2 Å². The normalized spacial score (nSPS) is 48.6. The van der Waals surface area contributed by atoms with Gasteiger partial charge < -0.3 is 114 Å². The molecule has 0 aromatic heterocycles. The summed E-state index contributed by atoms with van der Waals surface area (Å²) in [6.45, 7) is 13.6. The zero-order valence-electron chi connectivity index (χ0n) is 51.5. The van der Waals surface area contributed by atoms with Gasteiger partial charge in [-0.1, -0.05) is 90.4 Å². The largest absolute Gasteiger partial charge is 0.479 e. The summed E-state index contributed by atoms with van der Waals surface area (Å²) in [6.07, 6.45) is -29.8. The number of aliphatic carboxylic acids is 1. The maximum atomic E-state index is 13.6. The van der Waals surface area contributed by atoms with Crippen molar-refractivity contribution in [3.05, 3.63) is 53.6 Å². The summed E-state index contributed by atoms with van der Waals surface area (Å²) in [7, 11) is 0. The number of esters is 2. The molecule has 26 nitrogen and oxygen atoms in total. The van der Waals surface area contributed by atoms with Crippen molar-refractivity contribution in [1.82, 2.24) is 0 Å². The number of carbonyl (C=O) groups excluding carboxylic acids is 2. The van der Waals surface area contributed by atoms with E-state index in [1.54, 1.807) is 6.08 Å². The summed E-state index contributed by atoms with van der Waals surface area (Å²) in [6, 6.07) is 9.21. The quantitative estimate of drug-likeness (QED) is 0.0458. The van der Waals surface area contributed by atoms with Crippen LogP contribution in [0.5, 0.6) is 0 Å². The Morgan fingerprint density at radius 1 is 0.663 bits per heavy atom. The number of carboxylic acids is 1. The maximum Gasteiger partial charge on any atom is 0.335 e. The fraction of sp³-hybridized carbons (Fsp3) is 0.794. The lowest BCUT2D eigenvalue weighted by atomic mass is 9.33. The van der Waals surface area contributed by atoms with Crippen LogP contribution in [0.1, 0.15) is 106 Å². The molecule has 4 heterocycles. The van der Waals surface area contributed by atoms with Gasteiger partial charge in [0, 0.05) is 18.4 Å². The monoisotopic (exact) mass is 1260 g/mol. The number of allylic oxidation sites excluding steroid dienone is 2. The third kappa shape index (κ3) is 11.9. The van der Waals surface area contributed by atoms with E-state index in [1.165, 1.54) is 13.0 Å². The van der Waals surface area contributed by atoms with E-state index in [4.69, 9.17) is 47.4 Å². The van der Waals surface area contributed by atoms with E-state index in [0.29, 0.717) is 38.5 Å². The highest BCUT2D eigenvalue weighted by Crippen LogP contribution is 2.76. The highest BCUT2D eigenvalue weighted by Gasteiger charge is 2.73. The van der Waals surface area contributed by atoms with Gasteiger partial charge in [-0.15, -0.1) is 0 Å². The van der Waals surface area contributed by atoms with Crippen molar-refractivity contribution < 1.29 is 128 Å². The van der Waals surface area contributed by atoms with Gasteiger partial charge in [-0.25, -0.2) is 9.59 Å². The minimum Gasteiger partial charge on any atom is -0.479 e. The van der Waals surface area contributed by atoms with Crippen LogP contribution in [-0.4, -0.2) is 246 Å². The Kier molecular flexibility index (Phi) is 19.6. The van der Waals surface area contributed by atoms with Crippen molar-refractivity contribution in [2.75, 3.05) is 26.4 Å². The van der Waals surface area contributed by atoms with Crippen LogP contribution in [0.15, 0.2) is 48.1 Å². The van der Waals surface area contributed by atoms with E-state index in [9.17, 15) is 80.8 Å². The Bertz CT molecular complexity index is 2750. The molecule has 1 aromatic carbocycles. The number of fused-ring (bicyclic) bond motifs is 7. The highest BCUT2D eigenvalue weighted by molar-refractivity contribution is 5.87. The number of hydrogen-bond acceptors (Lipinski definition) is 25. The van der Waals surface area contributed by atoms with Crippen molar-refractivity contribution in [2.45, 2.75) is 235 Å². The molecular formula is C63H92O26. The molecular weight excluding hydrogens is 1170 g/mol. The minimum absolute atomic E-state index is 0.0203. The van der Waals surface area contributed by atoms with Gasteiger partial charge in [-0.2, -0.15) is 0 Å². The fourth-order valence-electron chi connectivity index (χ4n) is 17.6. The molecule has 0 amide bonds. The molecule has 0 radical (unpaired) electrons. The standard InChI is InChI=1S/C63H92O26/c1-28(65)82-27-63-31(22-58(2,3)52(51(63)77)85-39(69)17-14-29-12-10-9-11-13-29)30-15-16-36-60(6)20-19-38(59(4,5)35(60)18-21-61(36,7)62(30,8)23-37(63)68)84-57-50(89-55-45(75)43(73)42(72)34(24-64)83-55)47(46(76)48(87-57)53(78)79)86-56-49(41(71)33(67)26-81-56)88-54-44(74)40(70)32(66)25-80-54/h9-15,17,31-38,40-52,54-57,64,66-68,70-77H,16,18-27H2,1-8H3,(H,78,79)/b17-14+/t31-,32+,33-,34+,35-,36+,37+,38-,40-,41-,42-,43-,44+,45+,46-,47-,48-,49+,50+,51?,52-,54-,55-,56-,57+,60-,61+,62+,63-/m0/s1. The zero-order chi connectivity index (χ0) is 64.8. The zero-order valence-corrected chi connectivity index (χ0v) is 51.5. The molecule has 4 saturated carbocycles. The first-order valence-corrected chi connectivity index (χ1v) is 31.0. The molecule has 500 valence electrons. The third-order valence-corrected chi connectivity index (χ3v) is 22.7. The predicted molar refractivity (Wildman–Crippen MR) is 304 cm³/mol. The Balaban J connectivity index is 0.948. The van der Waals surface area contributed by atoms with Gasteiger partial charge in [0.2, 0.25) is 0 Å². The Hall–Kier alpha value is -3.69. The van der Waals surface area contributed by atoms with Crippen LogP contribution in [0.25, 0.3) is 6.08 Å². The first-order valence-electron chi connectivity index (χ1n) is 31.0. The van der Waals surface area contributed by atoms with Crippen LogP contribution in [-0.2, 0) is 61.8 Å². The van der Waals surface area contributed by atoms with Gasteiger partial charge >= 0.3 is 17.9 Å². The highest BCUT2D eigenvalue weighted by atomic mass is 16.8. The number of carbonyl (C=O) groups is 3. The first kappa shape index (κ1) is 68.2.